The van der Waals surface area contributed by atoms with Crippen LogP contribution in [0, 0.1) is 0 Å². The molecule has 3 rings (SSSR count). The fourth-order valence-electron chi connectivity index (χ4n) is 3.83. The number of hydrogen-bond donors (Lipinski definition) is 3. The predicted octanol–water partition coefficient (Wildman–Crippen LogP) is 1.44. The van der Waals surface area contributed by atoms with E-state index < -0.39 is 36.0 Å². The monoisotopic (exact) mass is 450 g/mol. The SMILES string of the molecule is CC(NC(CCc1ccccc1)C(=O)O)C(=O)N1Cc2ccccc2C[C@H]1C(=O)O.[KH]. The Morgan fingerprint density at radius 3 is 2.26 bits per heavy atom. The van der Waals surface area contributed by atoms with Crippen molar-refractivity contribution in [3.8, 4) is 0 Å². The Morgan fingerprint density at radius 1 is 1.03 bits per heavy atom. The van der Waals surface area contributed by atoms with Crippen LogP contribution in [0.2, 0.25) is 0 Å². The average molecular weight is 451 g/mol. The van der Waals surface area contributed by atoms with Gasteiger partial charge >= 0.3 is 63.3 Å². The van der Waals surface area contributed by atoms with Gasteiger partial charge in [0.2, 0.25) is 5.91 Å². The van der Waals surface area contributed by atoms with Gasteiger partial charge in [0.15, 0.2) is 0 Å². The molecular weight excluding hydrogens is 423 g/mol. The van der Waals surface area contributed by atoms with E-state index in [4.69, 9.17) is 0 Å². The van der Waals surface area contributed by atoms with Crippen molar-refractivity contribution >= 4 is 69.2 Å². The van der Waals surface area contributed by atoms with Crippen molar-refractivity contribution in [3.05, 3.63) is 71.3 Å². The summed E-state index contributed by atoms with van der Waals surface area (Å²) in [6, 6.07) is 14.3. The summed E-state index contributed by atoms with van der Waals surface area (Å²) < 4.78 is 0. The van der Waals surface area contributed by atoms with E-state index >= 15 is 0 Å². The number of benzene rings is 2. The second kappa shape index (κ2) is 11.9. The molecule has 2 aromatic rings. The molecule has 31 heavy (non-hydrogen) atoms. The van der Waals surface area contributed by atoms with Gasteiger partial charge < -0.3 is 15.1 Å². The molecule has 0 fully saturated rings. The molecule has 2 aromatic carbocycles. The number of nitrogens with one attached hydrogen (secondary N) is 1. The van der Waals surface area contributed by atoms with Gasteiger partial charge in [-0.1, -0.05) is 54.6 Å². The molecule has 0 radical (unpaired) electrons. The molecule has 3 N–H and O–H groups in total. The number of carbonyl (C=O) groups is 3. The van der Waals surface area contributed by atoms with Crippen molar-refractivity contribution in [2.45, 2.75) is 50.9 Å². The maximum atomic E-state index is 13.1. The Morgan fingerprint density at radius 2 is 1.65 bits per heavy atom. The third kappa shape index (κ3) is 6.71. The standard InChI is InChI=1S/C23H26N2O5.K.H/c1-15(24-19(22(27)28)12-11-16-7-3-2-4-8-16)21(26)25-14-18-10-6-5-9-17(18)13-20(25)23(29)30;;/h2-10,15,19-20,24H,11-14H2,1H3,(H,27,28)(H,29,30);;/t15?,19?,20-;;/m0../s1. The number of carboxylic acids is 2. The van der Waals surface area contributed by atoms with E-state index in [0.29, 0.717) is 12.8 Å². The summed E-state index contributed by atoms with van der Waals surface area (Å²) in [5.41, 5.74) is 2.85. The Kier molecular flexibility index (Phi) is 9.86. The van der Waals surface area contributed by atoms with Crippen molar-refractivity contribution in [2.75, 3.05) is 0 Å². The molecule has 1 heterocycles. The molecule has 160 valence electrons. The van der Waals surface area contributed by atoms with Gasteiger partial charge in [0.05, 0.1) is 6.04 Å². The number of rotatable bonds is 8. The van der Waals surface area contributed by atoms with E-state index in [0.717, 1.165) is 16.7 Å². The molecular formula is C23H27KN2O5. The third-order valence-corrected chi connectivity index (χ3v) is 5.50. The van der Waals surface area contributed by atoms with Gasteiger partial charge in [-0.05, 0) is 36.5 Å². The minimum atomic E-state index is -1.07. The van der Waals surface area contributed by atoms with Crippen molar-refractivity contribution in [1.82, 2.24) is 10.2 Å². The van der Waals surface area contributed by atoms with Gasteiger partial charge in [-0.25, -0.2) is 4.79 Å². The van der Waals surface area contributed by atoms with Gasteiger partial charge in [0, 0.05) is 13.0 Å². The first-order valence-corrected chi connectivity index (χ1v) is 9.99. The Labute approximate surface area is 224 Å². The summed E-state index contributed by atoms with van der Waals surface area (Å²) in [5.74, 6) is -2.52. The number of nitrogens with zero attached hydrogens (tertiary/aromatic N) is 1. The van der Waals surface area contributed by atoms with Crippen LogP contribution in [-0.4, -0.2) is 102 Å². The number of carboxylic acid groups (broad SMARTS) is 2. The number of carbonyl (C=O) groups excluding carboxylic acids is 1. The summed E-state index contributed by atoms with van der Waals surface area (Å²) in [6.45, 7) is 1.78. The summed E-state index contributed by atoms with van der Waals surface area (Å²) in [7, 11) is 0. The number of aliphatic carboxylic acids is 2. The zero-order valence-corrected chi connectivity index (χ0v) is 16.8. The van der Waals surface area contributed by atoms with E-state index in [9.17, 15) is 24.6 Å². The second-order valence-electron chi connectivity index (χ2n) is 7.60. The van der Waals surface area contributed by atoms with Gasteiger partial charge in [-0.3, -0.25) is 14.9 Å². The summed E-state index contributed by atoms with van der Waals surface area (Å²) >= 11 is 0. The molecule has 0 spiro atoms. The Bertz CT molecular complexity index is 921. The van der Waals surface area contributed by atoms with E-state index in [-0.39, 0.29) is 64.4 Å². The van der Waals surface area contributed by atoms with Gasteiger partial charge in [0.25, 0.3) is 0 Å². The van der Waals surface area contributed by atoms with Crippen LogP contribution in [0.25, 0.3) is 0 Å². The molecule has 0 aliphatic carbocycles. The molecule has 1 amide bonds. The van der Waals surface area contributed by atoms with Crippen LogP contribution in [-0.2, 0) is 33.8 Å². The quantitative estimate of drug-likeness (QED) is 0.526. The van der Waals surface area contributed by atoms with Gasteiger partial charge in [-0.2, -0.15) is 0 Å². The van der Waals surface area contributed by atoms with E-state index in [1.165, 1.54) is 4.90 Å². The molecule has 7 nitrogen and oxygen atoms in total. The summed E-state index contributed by atoms with van der Waals surface area (Å²) in [6.07, 6.45) is 1.11. The van der Waals surface area contributed by atoms with Crippen molar-refractivity contribution in [2.24, 2.45) is 0 Å². The first kappa shape index (κ1) is 25.7. The second-order valence-corrected chi connectivity index (χ2v) is 7.60. The molecule has 0 saturated heterocycles. The molecule has 2 unspecified atom stereocenters. The number of aryl methyl sites for hydroxylation is 1. The maximum absolute atomic E-state index is 13.1. The van der Waals surface area contributed by atoms with E-state index in [1.54, 1.807) is 6.92 Å². The van der Waals surface area contributed by atoms with Gasteiger partial charge in [0.1, 0.15) is 12.1 Å². The zero-order chi connectivity index (χ0) is 21.7. The summed E-state index contributed by atoms with van der Waals surface area (Å²) in [4.78, 5) is 37.9. The van der Waals surface area contributed by atoms with Crippen molar-refractivity contribution in [1.29, 1.82) is 0 Å². The molecule has 1 aliphatic rings. The molecule has 8 heteroatoms. The van der Waals surface area contributed by atoms with Crippen molar-refractivity contribution < 1.29 is 24.6 Å². The van der Waals surface area contributed by atoms with Crippen LogP contribution in [0.5, 0.6) is 0 Å². The van der Waals surface area contributed by atoms with Crippen LogP contribution in [0.3, 0.4) is 0 Å². The molecule has 0 saturated carbocycles. The van der Waals surface area contributed by atoms with Crippen LogP contribution in [0.15, 0.2) is 54.6 Å². The molecule has 3 atom stereocenters. The first-order chi connectivity index (χ1) is 14.4. The molecule has 1 aliphatic heterocycles. The van der Waals surface area contributed by atoms with Crippen molar-refractivity contribution in [3.63, 3.8) is 0 Å². The number of amides is 1. The zero-order valence-electron chi connectivity index (χ0n) is 16.8. The van der Waals surface area contributed by atoms with Gasteiger partial charge in [-0.15, -0.1) is 0 Å². The summed E-state index contributed by atoms with van der Waals surface area (Å²) in [5, 5.41) is 22.1. The fraction of sp³-hybridized carbons (Fsp3) is 0.348. The minimum absolute atomic E-state index is 0. The number of hydrogen-bond acceptors (Lipinski definition) is 4. The topological polar surface area (TPSA) is 107 Å². The Hall–Kier alpha value is -1.55. The third-order valence-electron chi connectivity index (χ3n) is 5.50. The van der Waals surface area contributed by atoms with E-state index in [2.05, 4.69) is 5.32 Å². The predicted molar refractivity (Wildman–Crippen MR) is 118 cm³/mol. The van der Waals surface area contributed by atoms with Crippen LogP contribution >= 0.6 is 0 Å². The van der Waals surface area contributed by atoms with E-state index in [1.807, 2.05) is 54.6 Å². The Balaban J connectivity index is 0.00000341. The average Bonchev–Trinajstić information content (AvgIpc) is 2.75. The normalized spacial score (nSPS) is 17.1. The molecule has 0 aromatic heterocycles. The molecule has 0 bridgehead atoms. The van der Waals surface area contributed by atoms with Crippen LogP contribution < -0.4 is 5.32 Å². The number of fused-ring (bicyclic) bond motifs is 1. The fourth-order valence-corrected chi connectivity index (χ4v) is 3.83. The first-order valence-electron chi connectivity index (χ1n) is 9.99. The van der Waals surface area contributed by atoms with Crippen LogP contribution in [0.4, 0.5) is 0 Å². The van der Waals surface area contributed by atoms with Crippen LogP contribution in [0.1, 0.15) is 30.0 Å².